The monoisotopic (exact) mass is 390 g/mol. The van der Waals surface area contributed by atoms with Crippen LogP contribution in [0.1, 0.15) is 17.5 Å². The van der Waals surface area contributed by atoms with Gasteiger partial charge in [0.15, 0.2) is 0 Å². The van der Waals surface area contributed by atoms with Gasteiger partial charge in [0.1, 0.15) is 15.9 Å². The van der Waals surface area contributed by atoms with Crippen molar-refractivity contribution in [1.82, 2.24) is 15.1 Å². The van der Waals surface area contributed by atoms with Crippen LogP contribution >= 0.6 is 35.3 Å². The van der Waals surface area contributed by atoms with Gasteiger partial charge in [0.25, 0.3) is 5.91 Å². The minimum absolute atomic E-state index is 0.141. The number of anilines is 1. The lowest BCUT2D eigenvalue weighted by atomic mass is 10.2. The van der Waals surface area contributed by atoms with E-state index in [1.807, 2.05) is 37.3 Å². The highest BCUT2D eigenvalue weighted by Gasteiger charge is 2.33. The Hall–Kier alpha value is -2.10. The Bertz CT molecular complexity index is 848. The van der Waals surface area contributed by atoms with Crippen LogP contribution in [0.5, 0.6) is 0 Å². The molecule has 0 atom stereocenters. The summed E-state index contributed by atoms with van der Waals surface area (Å²) in [4.78, 5) is 26.5. The molecule has 0 aliphatic carbocycles. The van der Waals surface area contributed by atoms with Gasteiger partial charge in [0.2, 0.25) is 11.0 Å². The average molecular weight is 391 g/mol. The number of amides is 2. The molecule has 0 spiro atoms. The molecule has 1 saturated heterocycles. The Kier molecular flexibility index (Phi) is 5.57. The third-order valence-electron chi connectivity index (χ3n) is 3.29. The van der Waals surface area contributed by atoms with Crippen LogP contribution < -0.4 is 5.32 Å². The summed E-state index contributed by atoms with van der Waals surface area (Å²) in [7, 11) is 0. The van der Waals surface area contributed by atoms with E-state index in [1.165, 1.54) is 28.0 Å². The van der Waals surface area contributed by atoms with Gasteiger partial charge in [0, 0.05) is 0 Å². The fourth-order valence-electron chi connectivity index (χ4n) is 2.09. The first-order valence-corrected chi connectivity index (χ1v) is 9.53. The van der Waals surface area contributed by atoms with Crippen LogP contribution in [0.25, 0.3) is 6.08 Å². The fourth-order valence-corrected chi connectivity index (χ4v) is 4.04. The van der Waals surface area contributed by atoms with E-state index < -0.39 is 0 Å². The second-order valence-corrected chi connectivity index (χ2v) is 7.82. The highest BCUT2D eigenvalue weighted by molar-refractivity contribution is 8.26. The average Bonchev–Trinajstić information content (AvgIpc) is 3.16. The van der Waals surface area contributed by atoms with Crippen LogP contribution in [0, 0.1) is 0 Å². The molecule has 25 heavy (non-hydrogen) atoms. The van der Waals surface area contributed by atoms with Crippen LogP contribution in [0.15, 0.2) is 35.2 Å². The summed E-state index contributed by atoms with van der Waals surface area (Å²) in [6.07, 6.45) is 2.53. The SMILES string of the molecule is CCc1nnc(NC(=O)CN2C(=O)/C(=C/c3ccccc3)SC2=S)s1. The predicted octanol–water partition coefficient (Wildman–Crippen LogP) is 2.94. The van der Waals surface area contributed by atoms with Crippen molar-refractivity contribution in [3.63, 3.8) is 0 Å². The standard InChI is InChI=1S/C16H14N4O2S3/c1-2-13-18-19-15(25-13)17-12(21)9-20-14(22)11(24-16(20)23)8-10-6-4-3-5-7-10/h3-8H,2,9H2,1H3,(H,17,19,21)/b11-8-. The molecule has 1 aliphatic heterocycles. The highest BCUT2D eigenvalue weighted by atomic mass is 32.2. The van der Waals surface area contributed by atoms with E-state index in [-0.39, 0.29) is 18.4 Å². The molecule has 3 rings (SSSR count). The minimum atomic E-state index is -0.351. The van der Waals surface area contributed by atoms with E-state index in [2.05, 4.69) is 15.5 Å². The number of thioether (sulfide) groups is 1. The van der Waals surface area contributed by atoms with E-state index >= 15 is 0 Å². The fraction of sp³-hybridized carbons (Fsp3) is 0.188. The maximum Gasteiger partial charge on any atom is 0.266 e. The smallest absolute Gasteiger partial charge is 0.266 e. The molecule has 128 valence electrons. The van der Waals surface area contributed by atoms with Gasteiger partial charge in [-0.15, -0.1) is 10.2 Å². The lowest BCUT2D eigenvalue weighted by molar-refractivity contribution is -0.126. The van der Waals surface area contributed by atoms with Crippen LogP contribution in [0.2, 0.25) is 0 Å². The number of hydrogen-bond donors (Lipinski definition) is 1. The van der Waals surface area contributed by atoms with E-state index in [0.717, 1.165) is 17.0 Å². The third kappa shape index (κ3) is 4.30. The molecule has 1 fully saturated rings. The second-order valence-electron chi connectivity index (χ2n) is 5.08. The number of nitrogens with one attached hydrogen (secondary N) is 1. The molecule has 6 nitrogen and oxygen atoms in total. The predicted molar refractivity (Wildman–Crippen MR) is 104 cm³/mol. The number of aryl methyl sites for hydroxylation is 1. The van der Waals surface area contributed by atoms with Gasteiger partial charge in [0.05, 0.1) is 4.91 Å². The molecule has 1 N–H and O–H groups in total. The summed E-state index contributed by atoms with van der Waals surface area (Å²) in [5.41, 5.74) is 0.911. The number of thiocarbonyl (C=S) groups is 1. The van der Waals surface area contributed by atoms with Gasteiger partial charge in [-0.05, 0) is 18.1 Å². The summed E-state index contributed by atoms with van der Waals surface area (Å²) < 4.78 is 0.369. The van der Waals surface area contributed by atoms with Crippen molar-refractivity contribution < 1.29 is 9.59 Å². The van der Waals surface area contributed by atoms with E-state index in [9.17, 15) is 9.59 Å². The van der Waals surface area contributed by atoms with Crippen molar-refractivity contribution in [3.05, 3.63) is 45.8 Å². The molecule has 2 heterocycles. The first kappa shape index (κ1) is 17.7. The normalized spacial score (nSPS) is 15.9. The van der Waals surface area contributed by atoms with Crippen molar-refractivity contribution in [2.75, 3.05) is 11.9 Å². The van der Waals surface area contributed by atoms with Gasteiger partial charge in [-0.1, -0.05) is 72.6 Å². The number of aromatic nitrogens is 2. The van der Waals surface area contributed by atoms with E-state index in [0.29, 0.717) is 14.4 Å². The quantitative estimate of drug-likeness (QED) is 0.625. The summed E-state index contributed by atoms with van der Waals surface area (Å²) in [5.74, 6) is -0.614. The van der Waals surface area contributed by atoms with Crippen molar-refractivity contribution in [1.29, 1.82) is 0 Å². The van der Waals surface area contributed by atoms with Crippen molar-refractivity contribution in [2.45, 2.75) is 13.3 Å². The first-order valence-electron chi connectivity index (χ1n) is 7.49. The van der Waals surface area contributed by atoms with E-state index in [4.69, 9.17) is 12.2 Å². The van der Waals surface area contributed by atoms with Crippen LogP contribution in [0.3, 0.4) is 0 Å². The van der Waals surface area contributed by atoms with Gasteiger partial charge in [-0.3, -0.25) is 19.8 Å². The molecule has 1 aromatic heterocycles. The molecule has 0 saturated carbocycles. The molecular weight excluding hydrogens is 376 g/mol. The third-order valence-corrected chi connectivity index (χ3v) is 5.65. The minimum Gasteiger partial charge on any atom is -0.299 e. The lowest BCUT2D eigenvalue weighted by Gasteiger charge is -2.13. The topological polar surface area (TPSA) is 75.2 Å². The second kappa shape index (κ2) is 7.85. The number of carbonyl (C=O) groups excluding carboxylic acids is 2. The van der Waals surface area contributed by atoms with Crippen LogP contribution in [0.4, 0.5) is 5.13 Å². The Labute approximate surface area is 158 Å². The number of carbonyl (C=O) groups is 2. The molecule has 0 radical (unpaired) electrons. The van der Waals surface area contributed by atoms with Crippen molar-refractivity contribution in [3.8, 4) is 0 Å². The largest absolute Gasteiger partial charge is 0.299 e. The Morgan fingerprint density at radius 1 is 1.32 bits per heavy atom. The molecule has 2 aromatic rings. The molecular formula is C16H14N4O2S3. The Balaban J connectivity index is 1.66. The molecule has 0 bridgehead atoms. The number of benzene rings is 1. The number of nitrogens with zero attached hydrogens (tertiary/aromatic N) is 3. The van der Waals surface area contributed by atoms with Gasteiger partial charge < -0.3 is 0 Å². The van der Waals surface area contributed by atoms with E-state index in [1.54, 1.807) is 6.08 Å². The summed E-state index contributed by atoms with van der Waals surface area (Å²) >= 11 is 7.75. The van der Waals surface area contributed by atoms with Gasteiger partial charge in [-0.2, -0.15) is 0 Å². The number of rotatable bonds is 5. The van der Waals surface area contributed by atoms with Crippen LogP contribution in [-0.2, 0) is 16.0 Å². The highest BCUT2D eigenvalue weighted by Crippen LogP contribution is 2.32. The molecule has 2 amide bonds. The first-order chi connectivity index (χ1) is 12.1. The zero-order valence-corrected chi connectivity index (χ0v) is 15.7. The molecule has 0 unspecified atom stereocenters. The Morgan fingerprint density at radius 3 is 2.76 bits per heavy atom. The zero-order chi connectivity index (χ0) is 17.8. The maximum atomic E-state index is 12.5. The molecule has 1 aliphatic rings. The van der Waals surface area contributed by atoms with Crippen molar-refractivity contribution >= 4 is 62.7 Å². The molecule has 1 aromatic carbocycles. The van der Waals surface area contributed by atoms with Gasteiger partial charge >= 0.3 is 0 Å². The van der Waals surface area contributed by atoms with Crippen molar-refractivity contribution in [2.24, 2.45) is 0 Å². The van der Waals surface area contributed by atoms with Gasteiger partial charge in [-0.25, -0.2) is 0 Å². The summed E-state index contributed by atoms with van der Waals surface area (Å²) in [5, 5.41) is 11.8. The van der Waals surface area contributed by atoms with Crippen LogP contribution in [-0.4, -0.2) is 37.8 Å². The summed E-state index contributed by atoms with van der Waals surface area (Å²) in [6, 6.07) is 9.50. The summed E-state index contributed by atoms with van der Waals surface area (Å²) in [6.45, 7) is 1.82. The number of hydrogen-bond acceptors (Lipinski definition) is 7. The molecule has 9 heteroatoms. The lowest BCUT2D eigenvalue weighted by Crippen LogP contribution is -2.36. The zero-order valence-electron chi connectivity index (χ0n) is 13.3. The Morgan fingerprint density at radius 2 is 2.08 bits per heavy atom. The maximum absolute atomic E-state index is 12.5.